The lowest BCUT2D eigenvalue weighted by Gasteiger charge is -2.15. The Morgan fingerprint density at radius 1 is 1.12 bits per heavy atom. The van der Waals surface area contributed by atoms with Crippen LogP contribution >= 0.6 is 22.9 Å². The summed E-state index contributed by atoms with van der Waals surface area (Å²) in [5, 5.41) is 0. The van der Waals surface area contributed by atoms with Crippen LogP contribution in [0.25, 0.3) is 0 Å². The molecule has 1 aromatic carbocycles. The number of thiophene rings is 1. The quantitative estimate of drug-likeness (QED) is 0.805. The number of rotatable bonds is 6. The van der Waals surface area contributed by atoms with Crippen LogP contribution in [0.15, 0.2) is 40.6 Å². The summed E-state index contributed by atoms with van der Waals surface area (Å²) >= 11 is 6.81. The van der Waals surface area contributed by atoms with E-state index in [0.717, 1.165) is 42.8 Å². The van der Waals surface area contributed by atoms with E-state index in [0.29, 0.717) is 22.9 Å². The van der Waals surface area contributed by atoms with Gasteiger partial charge in [-0.1, -0.05) is 23.7 Å². The summed E-state index contributed by atoms with van der Waals surface area (Å²) in [6.45, 7) is 1.73. The van der Waals surface area contributed by atoms with E-state index in [-0.39, 0.29) is 10.1 Å². The molecule has 0 saturated carbocycles. The van der Waals surface area contributed by atoms with Gasteiger partial charge in [-0.3, -0.25) is 9.52 Å². The average Bonchev–Trinajstić information content (AvgIpc) is 3.25. The van der Waals surface area contributed by atoms with E-state index in [4.69, 9.17) is 11.6 Å². The molecule has 5 nitrogen and oxygen atoms in total. The van der Waals surface area contributed by atoms with Crippen LogP contribution < -0.4 is 4.72 Å². The first-order chi connectivity index (χ1) is 11.9. The number of sulfonamides is 1. The van der Waals surface area contributed by atoms with E-state index >= 15 is 0 Å². The first-order valence-corrected chi connectivity index (χ1v) is 10.8. The molecule has 0 radical (unpaired) electrons. The van der Waals surface area contributed by atoms with Crippen LogP contribution in [0.2, 0.25) is 4.34 Å². The van der Waals surface area contributed by atoms with Gasteiger partial charge in [0.2, 0.25) is 5.91 Å². The Morgan fingerprint density at radius 2 is 1.80 bits per heavy atom. The predicted molar refractivity (Wildman–Crippen MR) is 101 cm³/mol. The van der Waals surface area contributed by atoms with Crippen molar-refractivity contribution in [1.29, 1.82) is 0 Å². The van der Waals surface area contributed by atoms with Crippen LogP contribution in [0.1, 0.15) is 24.8 Å². The summed E-state index contributed by atoms with van der Waals surface area (Å²) in [5.74, 6) is 0.192. The Hall–Kier alpha value is -1.57. The number of aryl methyl sites for hydroxylation is 1. The summed E-state index contributed by atoms with van der Waals surface area (Å²) < 4.78 is 27.6. The van der Waals surface area contributed by atoms with E-state index < -0.39 is 10.0 Å². The molecule has 2 heterocycles. The minimum atomic E-state index is -3.62. The first kappa shape index (κ1) is 18.2. The number of nitrogens with zero attached hydrogens (tertiary/aromatic N) is 1. The van der Waals surface area contributed by atoms with Gasteiger partial charge < -0.3 is 4.90 Å². The number of halogens is 1. The van der Waals surface area contributed by atoms with Crippen molar-refractivity contribution in [2.75, 3.05) is 17.8 Å². The van der Waals surface area contributed by atoms with Crippen molar-refractivity contribution < 1.29 is 13.2 Å². The average molecular weight is 399 g/mol. The smallest absolute Gasteiger partial charge is 0.271 e. The molecular formula is C17H19ClN2O3S2. The molecule has 1 saturated heterocycles. The molecule has 1 amide bonds. The number of anilines is 1. The third-order valence-electron chi connectivity index (χ3n) is 4.11. The van der Waals surface area contributed by atoms with Crippen LogP contribution in [-0.4, -0.2) is 32.3 Å². The Morgan fingerprint density at radius 3 is 2.40 bits per heavy atom. The first-order valence-electron chi connectivity index (χ1n) is 8.09. The normalized spacial score (nSPS) is 14.7. The lowest BCUT2D eigenvalue weighted by Crippen LogP contribution is -2.27. The fraction of sp³-hybridized carbons (Fsp3) is 0.353. The lowest BCUT2D eigenvalue weighted by molar-refractivity contribution is -0.130. The van der Waals surface area contributed by atoms with Gasteiger partial charge in [-0.05, 0) is 49.1 Å². The number of hydrogen-bond acceptors (Lipinski definition) is 4. The largest absolute Gasteiger partial charge is 0.343 e. The van der Waals surface area contributed by atoms with Crippen molar-refractivity contribution in [3.05, 3.63) is 46.3 Å². The molecule has 0 unspecified atom stereocenters. The van der Waals surface area contributed by atoms with Gasteiger partial charge in [0.1, 0.15) is 4.21 Å². The minimum absolute atomic E-state index is 0.179. The van der Waals surface area contributed by atoms with Crippen molar-refractivity contribution in [3.63, 3.8) is 0 Å². The topological polar surface area (TPSA) is 66.5 Å². The van der Waals surface area contributed by atoms with E-state index in [9.17, 15) is 13.2 Å². The second-order valence-corrected chi connectivity index (χ2v) is 9.57. The molecule has 0 aliphatic carbocycles. The Balaban J connectivity index is 1.57. The fourth-order valence-corrected chi connectivity index (χ4v) is 5.30. The van der Waals surface area contributed by atoms with Gasteiger partial charge in [0.15, 0.2) is 0 Å². The van der Waals surface area contributed by atoms with Gasteiger partial charge in [0.05, 0.1) is 4.34 Å². The maximum Gasteiger partial charge on any atom is 0.271 e. The number of benzene rings is 1. The Labute approximate surface area is 156 Å². The third-order valence-corrected chi connectivity index (χ3v) is 7.21. The molecule has 0 spiro atoms. The van der Waals surface area contributed by atoms with Gasteiger partial charge >= 0.3 is 0 Å². The number of hydrogen-bond donors (Lipinski definition) is 1. The van der Waals surface area contributed by atoms with Crippen molar-refractivity contribution >= 4 is 44.6 Å². The molecule has 134 valence electrons. The molecule has 8 heteroatoms. The van der Waals surface area contributed by atoms with E-state index in [1.54, 1.807) is 18.2 Å². The maximum atomic E-state index is 12.3. The molecule has 25 heavy (non-hydrogen) atoms. The van der Waals surface area contributed by atoms with Crippen molar-refractivity contribution in [1.82, 2.24) is 4.90 Å². The number of amides is 1. The number of carbonyl (C=O) groups is 1. The predicted octanol–water partition coefficient (Wildman–Crippen LogP) is 3.76. The maximum absolute atomic E-state index is 12.3. The number of likely N-dealkylation sites (tertiary alicyclic amines) is 1. The van der Waals surface area contributed by atoms with Gasteiger partial charge in [-0.2, -0.15) is 0 Å². The van der Waals surface area contributed by atoms with Crippen molar-refractivity contribution in [2.24, 2.45) is 0 Å². The molecule has 1 aliphatic heterocycles. The molecule has 1 aliphatic rings. The second-order valence-electron chi connectivity index (χ2n) is 5.95. The minimum Gasteiger partial charge on any atom is -0.343 e. The Bertz CT molecular complexity index is 841. The van der Waals surface area contributed by atoms with Crippen LogP contribution in [0, 0.1) is 0 Å². The van der Waals surface area contributed by atoms with E-state index in [1.165, 1.54) is 6.07 Å². The Kier molecular flexibility index (Phi) is 5.66. The van der Waals surface area contributed by atoms with Gasteiger partial charge in [0.25, 0.3) is 10.0 Å². The number of carbonyl (C=O) groups excluding carboxylic acids is 1. The highest BCUT2D eigenvalue weighted by atomic mass is 35.5. The fourth-order valence-electron chi connectivity index (χ4n) is 2.76. The molecule has 1 N–H and O–H groups in total. The van der Waals surface area contributed by atoms with Gasteiger partial charge in [-0.25, -0.2) is 8.42 Å². The molecule has 2 aromatic rings. The zero-order valence-electron chi connectivity index (χ0n) is 13.6. The second kappa shape index (κ2) is 7.76. The monoisotopic (exact) mass is 398 g/mol. The summed E-state index contributed by atoms with van der Waals surface area (Å²) in [6.07, 6.45) is 3.33. The molecular weight excluding hydrogens is 380 g/mol. The number of nitrogens with one attached hydrogen (secondary N) is 1. The summed E-state index contributed by atoms with van der Waals surface area (Å²) in [7, 11) is -3.62. The summed E-state index contributed by atoms with van der Waals surface area (Å²) in [6, 6.07) is 10.1. The zero-order chi connectivity index (χ0) is 17.9. The highest BCUT2D eigenvalue weighted by molar-refractivity contribution is 7.94. The molecule has 1 fully saturated rings. The summed E-state index contributed by atoms with van der Waals surface area (Å²) in [4.78, 5) is 14.0. The van der Waals surface area contributed by atoms with Crippen LogP contribution in [0.5, 0.6) is 0 Å². The highest BCUT2D eigenvalue weighted by Gasteiger charge is 2.18. The third kappa shape index (κ3) is 4.74. The van der Waals surface area contributed by atoms with Crippen LogP contribution in [0.4, 0.5) is 5.69 Å². The molecule has 0 bridgehead atoms. The van der Waals surface area contributed by atoms with Crippen molar-refractivity contribution in [3.8, 4) is 0 Å². The van der Waals surface area contributed by atoms with Crippen molar-refractivity contribution in [2.45, 2.75) is 29.9 Å². The van der Waals surface area contributed by atoms with E-state index in [1.807, 2.05) is 17.0 Å². The highest BCUT2D eigenvalue weighted by Crippen LogP contribution is 2.27. The lowest BCUT2D eigenvalue weighted by atomic mass is 10.1. The van der Waals surface area contributed by atoms with Gasteiger partial charge in [0, 0.05) is 25.2 Å². The molecule has 0 atom stereocenters. The zero-order valence-corrected chi connectivity index (χ0v) is 16.0. The van der Waals surface area contributed by atoms with Crippen LogP contribution in [0.3, 0.4) is 0 Å². The molecule has 3 rings (SSSR count). The van der Waals surface area contributed by atoms with E-state index in [2.05, 4.69) is 4.72 Å². The molecule has 1 aromatic heterocycles. The van der Waals surface area contributed by atoms with Gasteiger partial charge in [-0.15, -0.1) is 11.3 Å². The van der Waals surface area contributed by atoms with Crippen LogP contribution in [-0.2, 0) is 21.2 Å². The summed E-state index contributed by atoms with van der Waals surface area (Å²) in [5.41, 5.74) is 1.49. The standard InChI is InChI=1S/C17H19ClN2O3S2/c18-15-8-10-17(24-15)25(22,23)19-14-6-3-13(4-7-14)5-9-16(21)20-11-1-2-12-20/h3-4,6-8,10,19H,1-2,5,9,11-12H2. The SMILES string of the molecule is O=C(CCc1ccc(NS(=O)(=O)c2ccc(Cl)s2)cc1)N1CCCC1.